The van der Waals surface area contributed by atoms with E-state index in [4.69, 9.17) is 0 Å². The van der Waals surface area contributed by atoms with E-state index in [1.54, 1.807) is 0 Å². The van der Waals surface area contributed by atoms with Gasteiger partial charge in [0.15, 0.2) is 0 Å². The quantitative estimate of drug-likeness (QED) is 0.880. The van der Waals surface area contributed by atoms with Gasteiger partial charge in [0.25, 0.3) is 0 Å². The molecular formula is C17H18N2. The molecule has 1 atom stereocenters. The number of hydrogen-bond donors (Lipinski definition) is 1. The molecule has 0 fully saturated rings. The molecule has 0 aliphatic carbocycles. The number of rotatable bonds is 5. The second-order valence-corrected chi connectivity index (χ2v) is 4.58. The number of nitrogens with zero attached hydrogens (tertiary/aromatic N) is 1. The van der Waals surface area contributed by atoms with Gasteiger partial charge in [0, 0.05) is 6.54 Å². The Labute approximate surface area is 114 Å². The first-order valence-electron chi connectivity index (χ1n) is 6.56. The van der Waals surface area contributed by atoms with Crippen LogP contribution in [0.2, 0.25) is 0 Å². The fourth-order valence-electron chi connectivity index (χ4n) is 2.19. The summed E-state index contributed by atoms with van der Waals surface area (Å²) in [5.74, 6) is 0. The maximum absolute atomic E-state index is 9.60. The Morgan fingerprint density at radius 2 is 1.58 bits per heavy atom. The molecule has 0 spiro atoms. The Hall–Kier alpha value is -2.11. The lowest BCUT2D eigenvalue weighted by Gasteiger charge is -2.27. The van der Waals surface area contributed by atoms with Gasteiger partial charge in [-0.3, -0.25) is 5.32 Å². The van der Waals surface area contributed by atoms with Crippen LogP contribution in [0.15, 0.2) is 60.7 Å². The van der Waals surface area contributed by atoms with Crippen molar-refractivity contribution in [2.75, 3.05) is 0 Å². The Kier molecular flexibility index (Phi) is 4.33. The third-order valence-electron chi connectivity index (χ3n) is 3.42. The molecule has 2 aromatic rings. The van der Waals surface area contributed by atoms with Crippen molar-refractivity contribution in [3.05, 3.63) is 71.8 Å². The van der Waals surface area contributed by atoms with Gasteiger partial charge in [0.1, 0.15) is 5.54 Å². The fourth-order valence-corrected chi connectivity index (χ4v) is 2.19. The van der Waals surface area contributed by atoms with E-state index in [9.17, 15) is 5.26 Å². The molecule has 0 aromatic heterocycles. The third kappa shape index (κ3) is 3.01. The van der Waals surface area contributed by atoms with Gasteiger partial charge < -0.3 is 0 Å². The van der Waals surface area contributed by atoms with Crippen LogP contribution in [-0.4, -0.2) is 0 Å². The number of hydrogen-bond acceptors (Lipinski definition) is 2. The maximum Gasteiger partial charge on any atom is 0.132 e. The van der Waals surface area contributed by atoms with Crippen LogP contribution in [0.3, 0.4) is 0 Å². The van der Waals surface area contributed by atoms with Crippen LogP contribution in [-0.2, 0) is 12.1 Å². The Morgan fingerprint density at radius 1 is 1.00 bits per heavy atom. The van der Waals surface area contributed by atoms with Gasteiger partial charge in [-0.05, 0) is 17.5 Å². The van der Waals surface area contributed by atoms with Crippen molar-refractivity contribution in [2.45, 2.75) is 25.4 Å². The SMILES string of the molecule is CCC(C#N)(NCc1ccccc1)c1ccccc1. The molecule has 0 bridgehead atoms. The van der Waals surface area contributed by atoms with Gasteiger partial charge in [0.2, 0.25) is 0 Å². The molecule has 19 heavy (non-hydrogen) atoms. The highest BCUT2D eigenvalue weighted by molar-refractivity contribution is 5.31. The van der Waals surface area contributed by atoms with Crippen molar-refractivity contribution in [1.29, 1.82) is 5.26 Å². The van der Waals surface area contributed by atoms with Gasteiger partial charge in [-0.2, -0.15) is 5.26 Å². The molecule has 2 heteroatoms. The van der Waals surface area contributed by atoms with E-state index in [0.717, 1.165) is 12.0 Å². The molecule has 0 aliphatic heterocycles. The van der Waals surface area contributed by atoms with E-state index in [2.05, 4.69) is 23.5 Å². The van der Waals surface area contributed by atoms with Crippen LogP contribution in [0.5, 0.6) is 0 Å². The number of nitriles is 1. The minimum absolute atomic E-state index is 0.614. The minimum Gasteiger partial charge on any atom is -0.292 e. The molecule has 1 unspecified atom stereocenters. The average molecular weight is 250 g/mol. The van der Waals surface area contributed by atoms with E-state index in [0.29, 0.717) is 6.54 Å². The summed E-state index contributed by atoms with van der Waals surface area (Å²) in [6.07, 6.45) is 0.736. The van der Waals surface area contributed by atoms with Crippen LogP contribution >= 0.6 is 0 Å². The largest absolute Gasteiger partial charge is 0.292 e. The predicted molar refractivity (Wildman–Crippen MR) is 77.3 cm³/mol. The van der Waals surface area contributed by atoms with Gasteiger partial charge in [0.05, 0.1) is 6.07 Å². The second-order valence-electron chi connectivity index (χ2n) is 4.58. The first-order chi connectivity index (χ1) is 9.30. The maximum atomic E-state index is 9.60. The third-order valence-corrected chi connectivity index (χ3v) is 3.42. The first-order valence-corrected chi connectivity index (χ1v) is 6.56. The van der Waals surface area contributed by atoms with Crippen LogP contribution < -0.4 is 5.32 Å². The lowest BCUT2D eigenvalue weighted by molar-refractivity contribution is 0.411. The van der Waals surface area contributed by atoms with E-state index in [-0.39, 0.29) is 0 Å². The summed E-state index contributed by atoms with van der Waals surface area (Å²) in [7, 11) is 0. The van der Waals surface area contributed by atoms with Crippen LogP contribution in [0, 0.1) is 11.3 Å². The van der Waals surface area contributed by atoms with Gasteiger partial charge in [-0.15, -0.1) is 0 Å². The van der Waals surface area contributed by atoms with Crippen molar-refractivity contribution >= 4 is 0 Å². The normalized spacial score (nSPS) is 13.5. The summed E-state index contributed by atoms with van der Waals surface area (Å²) in [6.45, 7) is 2.73. The standard InChI is InChI=1S/C17H18N2/c1-2-17(14-18,16-11-7-4-8-12-16)19-13-15-9-5-3-6-10-15/h3-12,19H,2,13H2,1H3. The predicted octanol–water partition coefficient (Wildman–Crippen LogP) is 3.61. The fraction of sp³-hybridized carbons (Fsp3) is 0.235. The van der Waals surface area contributed by atoms with Gasteiger partial charge in [-0.25, -0.2) is 0 Å². The molecule has 2 nitrogen and oxygen atoms in total. The first kappa shape index (κ1) is 13.3. The zero-order chi connectivity index (χ0) is 13.6. The molecule has 96 valence electrons. The summed E-state index contributed by atoms with van der Waals surface area (Å²) in [5, 5.41) is 13.0. The number of benzene rings is 2. The Bertz CT molecular complexity index is 542. The molecular weight excluding hydrogens is 232 g/mol. The Balaban J connectivity index is 2.20. The van der Waals surface area contributed by atoms with Crippen molar-refractivity contribution in [3.63, 3.8) is 0 Å². The van der Waals surface area contributed by atoms with Gasteiger partial charge >= 0.3 is 0 Å². The summed E-state index contributed by atoms with van der Waals surface area (Å²) < 4.78 is 0. The summed E-state index contributed by atoms with van der Waals surface area (Å²) in [5.41, 5.74) is 1.60. The lowest BCUT2D eigenvalue weighted by Crippen LogP contribution is -2.40. The lowest BCUT2D eigenvalue weighted by atomic mass is 9.88. The van der Waals surface area contributed by atoms with E-state index < -0.39 is 5.54 Å². The highest BCUT2D eigenvalue weighted by Crippen LogP contribution is 2.24. The van der Waals surface area contributed by atoms with Crippen molar-refractivity contribution in [2.24, 2.45) is 0 Å². The average Bonchev–Trinajstić information content (AvgIpc) is 2.51. The molecule has 0 aliphatic rings. The summed E-state index contributed by atoms with van der Waals surface area (Å²) >= 11 is 0. The topological polar surface area (TPSA) is 35.8 Å². The van der Waals surface area contributed by atoms with E-state index >= 15 is 0 Å². The van der Waals surface area contributed by atoms with Crippen LogP contribution in [0.1, 0.15) is 24.5 Å². The summed E-state index contributed by atoms with van der Waals surface area (Å²) in [4.78, 5) is 0. The smallest absolute Gasteiger partial charge is 0.132 e. The molecule has 0 saturated heterocycles. The van der Waals surface area contributed by atoms with Crippen LogP contribution in [0.4, 0.5) is 0 Å². The Morgan fingerprint density at radius 3 is 2.11 bits per heavy atom. The highest BCUT2D eigenvalue weighted by Gasteiger charge is 2.29. The van der Waals surface area contributed by atoms with Crippen molar-refractivity contribution in [3.8, 4) is 6.07 Å². The number of nitrogens with one attached hydrogen (secondary N) is 1. The monoisotopic (exact) mass is 250 g/mol. The molecule has 0 radical (unpaired) electrons. The molecule has 2 rings (SSSR count). The summed E-state index contributed by atoms with van der Waals surface area (Å²) in [6, 6.07) is 22.5. The van der Waals surface area contributed by atoms with Gasteiger partial charge in [-0.1, -0.05) is 67.6 Å². The minimum atomic E-state index is -0.614. The molecule has 0 amide bonds. The van der Waals surface area contributed by atoms with Crippen molar-refractivity contribution < 1.29 is 0 Å². The van der Waals surface area contributed by atoms with E-state index in [1.165, 1.54) is 5.56 Å². The highest BCUT2D eigenvalue weighted by atomic mass is 15.0. The van der Waals surface area contributed by atoms with E-state index in [1.807, 2.05) is 55.5 Å². The molecule has 0 saturated carbocycles. The molecule has 0 heterocycles. The molecule has 2 aromatic carbocycles. The van der Waals surface area contributed by atoms with Crippen LogP contribution in [0.25, 0.3) is 0 Å². The zero-order valence-corrected chi connectivity index (χ0v) is 11.1. The zero-order valence-electron chi connectivity index (χ0n) is 11.1. The molecule has 1 N–H and O–H groups in total. The van der Waals surface area contributed by atoms with Crippen molar-refractivity contribution in [1.82, 2.24) is 5.32 Å². The second kappa shape index (κ2) is 6.17.